The SMILES string of the molecule is CC1CCc2cc(C3=NNC(=O)C4CCCC34)ccc2NC1=O. The first kappa shape index (κ1) is 14.4. The van der Waals surface area contributed by atoms with Gasteiger partial charge in [-0.2, -0.15) is 5.10 Å². The Hall–Kier alpha value is -2.17. The number of carbonyl (C=O) groups is 2. The summed E-state index contributed by atoms with van der Waals surface area (Å²) in [7, 11) is 0. The Labute approximate surface area is 135 Å². The maximum absolute atomic E-state index is 12.0. The van der Waals surface area contributed by atoms with Gasteiger partial charge in [-0.3, -0.25) is 9.59 Å². The Morgan fingerprint density at radius 1 is 1.09 bits per heavy atom. The molecule has 3 unspecified atom stereocenters. The van der Waals surface area contributed by atoms with E-state index in [1.165, 1.54) is 0 Å². The second-order valence-corrected chi connectivity index (χ2v) is 6.92. The molecule has 2 aliphatic heterocycles. The second kappa shape index (κ2) is 5.48. The molecule has 0 aromatic heterocycles. The molecule has 23 heavy (non-hydrogen) atoms. The predicted octanol–water partition coefficient (Wildman–Crippen LogP) is 2.46. The molecule has 1 saturated carbocycles. The van der Waals surface area contributed by atoms with Crippen LogP contribution in [0.15, 0.2) is 23.3 Å². The largest absolute Gasteiger partial charge is 0.326 e. The van der Waals surface area contributed by atoms with E-state index in [9.17, 15) is 9.59 Å². The van der Waals surface area contributed by atoms with Crippen LogP contribution in [0, 0.1) is 17.8 Å². The normalized spacial score (nSPS) is 29.8. The molecule has 0 saturated heterocycles. The lowest BCUT2D eigenvalue weighted by Crippen LogP contribution is -2.39. The molecule has 1 aromatic carbocycles. The molecule has 2 amide bonds. The van der Waals surface area contributed by atoms with Gasteiger partial charge in [0.1, 0.15) is 0 Å². The lowest BCUT2D eigenvalue weighted by molar-refractivity contribution is -0.126. The molecule has 120 valence electrons. The van der Waals surface area contributed by atoms with Crippen LogP contribution in [0.5, 0.6) is 0 Å². The van der Waals surface area contributed by atoms with Crippen LogP contribution in [0.3, 0.4) is 0 Å². The number of benzene rings is 1. The zero-order valence-corrected chi connectivity index (χ0v) is 13.3. The number of hydrogen-bond acceptors (Lipinski definition) is 3. The Bertz CT molecular complexity index is 710. The summed E-state index contributed by atoms with van der Waals surface area (Å²) in [5.74, 6) is 0.500. The van der Waals surface area contributed by atoms with Crippen molar-refractivity contribution in [3.8, 4) is 0 Å². The van der Waals surface area contributed by atoms with Gasteiger partial charge in [-0.25, -0.2) is 5.43 Å². The number of nitrogens with one attached hydrogen (secondary N) is 2. The molecule has 0 bridgehead atoms. The van der Waals surface area contributed by atoms with Gasteiger partial charge in [0.15, 0.2) is 0 Å². The number of hydrazone groups is 1. The molecule has 4 rings (SSSR count). The van der Waals surface area contributed by atoms with Crippen molar-refractivity contribution >= 4 is 23.2 Å². The zero-order chi connectivity index (χ0) is 16.0. The monoisotopic (exact) mass is 311 g/mol. The van der Waals surface area contributed by atoms with Crippen molar-refractivity contribution in [1.29, 1.82) is 0 Å². The first-order chi connectivity index (χ1) is 11.1. The van der Waals surface area contributed by atoms with Crippen molar-refractivity contribution in [3.63, 3.8) is 0 Å². The van der Waals surface area contributed by atoms with Crippen LogP contribution in [-0.4, -0.2) is 17.5 Å². The number of nitrogens with zero attached hydrogens (tertiary/aromatic N) is 1. The summed E-state index contributed by atoms with van der Waals surface area (Å²) in [4.78, 5) is 23.9. The molecule has 5 heteroatoms. The third-order valence-corrected chi connectivity index (χ3v) is 5.44. The van der Waals surface area contributed by atoms with Crippen molar-refractivity contribution in [2.24, 2.45) is 22.9 Å². The van der Waals surface area contributed by atoms with Crippen molar-refractivity contribution < 1.29 is 9.59 Å². The van der Waals surface area contributed by atoms with Crippen LogP contribution in [-0.2, 0) is 16.0 Å². The third kappa shape index (κ3) is 2.44. The maximum atomic E-state index is 12.0. The molecular formula is C18H21N3O2. The molecule has 5 nitrogen and oxygen atoms in total. The molecule has 2 N–H and O–H groups in total. The van der Waals surface area contributed by atoms with E-state index in [0.29, 0.717) is 0 Å². The number of anilines is 1. The minimum atomic E-state index is 0.0383. The topological polar surface area (TPSA) is 70.6 Å². The van der Waals surface area contributed by atoms with E-state index in [2.05, 4.69) is 21.9 Å². The van der Waals surface area contributed by atoms with E-state index in [4.69, 9.17) is 0 Å². The Morgan fingerprint density at radius 3 is 2.78 bits per heavy atom. The molecule has 1 aromatic rings. The highest BCUT2D eigenvalue weighted by molar-refractivity contribution is 6.07. The van der Waals surface area contributed by atoms with Crippen LogP contribution < -0.4 is 10.7 Å². The average molecular weight is 311 g/mol. The smallest absolute Gasteiger partial charge is 0.243 e. The fourth-order valence-electron chi connectivity index (χ4n) is 4.00. The van der Waals surface area contributed by atoms with Gasteiger partial charge in [0.2, 0.25) is 11.8 Å². The van der Waals surface area contributed by atoms with E-state index in [1.54, 1.807) is 0 Å². The quantitative estimate of drug-likeness (QED) is 0.836. The summed E-state index contributed by atoms with van der Waals surface area (Å²) in [6.45, 7) is 1.96. The first-order valence-corrected chi connectivity index (χ1v) is 8.45. The van der Waals surface area contributed by atoms with E-state index in [1.807, 2.05) is 19.1 Å². The lowest BCUT2D eigenvalue weighted by atomic mass is 9.85. The summed E-state index contributed by atoms with van der Waals surface area (Å²) in [6.07, 6.45) is 4.81. The molecular weight excluding hydrogens is 290 g/mol. The second-order valence-electron chi connectivity index (χ2n) is 6.92. The number of carbonyl (C=O) groups excluding carboxylic acids is 2. The van der Waals surface area contributed by atoms with Crippen LogP contribution in [0.4, 0.5) is 5.69 Å². The summed E-state index contributed by atoms with van der Waals surface area (Å²) < 4.78 is 0. The van der Waals surface area contributed by atoms with Crippen molar-refractivity contribution in [3.05, 3.63) is 29.3 Å². The zero-order valence-electron chi connectivity index (χ0n) is 13.3. The Balaban J connectivity index is 1.68. The minimum absolute atomic E-state index is 0.0383. The molecule has 0 radical (unpaired) electrons. The average Bonchev–Trinajstić information content (AvgIpc) is 2.99. The van der Waals surface area contributed by atoms with Gasteiger partial charge in [0.05, 0.1) is 5.71 Å². The molecule has 3 aliphatic rings. The van der Waals surface area contributed by atoms with Crippen LogP contribution >= 0.6 is 0 Å². The predicted molar refractivity (Wildman–Crippen MR) is 88.1 cm³/mol. The molecule has 1 aliphatic carbocycles. The highest BCUT2D eigenvalue weighted by Gasteiger charge is 2.39. The highest BCUT2D eigenvalue weighted by atomic mass is 16.2. The lowest BCUT2D eigenvalue weighted by Gasteiger charge is -2.25. The third-order valence-electron chi connectivity index (χ3n) is 5.44. The van der Waals surface area contributed by atoms with Gasteiger partial charge in [-0.1, -0.05) is 19.4 Å². The summed E-state index contributed by atoms with van der Waals surface area (Å²) in [6, 6.07) is 6.13. The number of hydrogen-bond donors (Lipinski definition) is 2. The first-order valence-electron chi connectivity index (χ1n) is 8.45. The maximum Gasteiger partial charge on any atom is 0.243 e. The highest BCUT2D eigenvalue weighted by Crippen LogP contribution is 2.37. The Morgan fingerprint density at radius 2 is 1.91 bits per heavy atom. The number of aryl methyl sites for hydroxylation is 1. The Kier molecular flexibility index (Phi) is 3.43. The number of rotatable bonds is 1. The van der Waals surface area contributed by atoms with Crippen molar-refractivity contribution in [2.75, 3.05) is 5.32 Å². The van der Waals surface area contributed by atoms with Crippen molar-refractivity contribution in [2.45, 2.75) is 39.0 Å². The summed E-state index contributed by atoms with van der Waals surface area (Å²) in [5.41, 5.74) is 6.83. The van der Waals surface area contributed by atoms with Crippen LogP contribution in [0.1, 0.15) is 43.7 Å². The van der Waals surface area contributed by atoms with E-state index >= 15 is 0 Å². The van der Waals surface area contributed by atoms with E-state index in [-0.39, 0.29) is 29.6 Å². The summed E-state index contributed by atoms with van der Waals surface area (Å²) >= 11 is 0. The molecule has 1 fully saturated rings. The molecule has 3 atom stereocenters. The fourth-order valence-corrected chi connectivity index (χ4v) is 4.00. The van der Waals surface area contributed by atoms with Crippen LogP contribution in [0.2, 0.25) is 0 Å². The van der Waals surface area contributed by atoms with Crippen molar-refractivity contribution in [1.82, 2.24) is 5.43 Å². The van der Waals surface area contributed by atoms with E-state index in [0.717, 1.165) is 54.6 Å². The van der Waals surface area contributed by atoms with Gasteiger partial charge >= 0.3 is 0 Å². The number of amides is 2. The summed E-state index contributed by atoms with van der Waals surface area (Å²) in [5, 5.41) is 7.36. The molecule has 0 spiro atoms. The molecule has 2 heterocycles. The van der Waals surface area contributed by atoms with Gasteiger partial charge in [0, 0.05) is 23.4 Å². The number of fused-ring (bicyclic) bond motifs is 2. The standard InChI is InChI=1S/C18H21N3O2/c1-10-5-6-11-9-12(7-8-15(11)19-17(10)22)16-13-3-2-4-14(13)18(23)21-20-16/h7-10,13-14H,2-6H2,1H3,(H,19,22)(H,21,23). The van der Waals surface area contributed by atoms with E-state index < -0.39 is 0 Å². The fraction of sp³-hybridized carbons (Fsp3) is 0.500. The van der Waals surface area contributed by atoms with Crippen LogP contribution in [0.25, 0.3) is 0 Å². The minimum Gasteiger partial charge on any atom is -0.326 e. The van der Waals surface area contributed by atoms with Gasteiger partial charge < -0.3 is 5.32 Å². The van der Waals surface area contributed by atoms with Gasteiger partial charge in [-0.15, -0.1) is 0 Å². The van der Waals surface area contributed by atoms with Gasteiger partial charge in [-0.05, 0) is 48.9 Å². The van der Waals surface area contributed by atoms with Gasteiger partial charge in [0.25, 0.3) is 0 Å².